The van der Waals surface area contributed by atoms with Gasteiger partial charge in [-0.05, 0) is 36.4 Å². The summed E-state index contributed by atoms with van der Waals surface area (Å²) in [4.78, 5) is 4.23. The van der Waals surface area contributed by atoms with E-state index in [1.165, 1.54) is 12.1 Å². The van der Waals surface area contributed by atoms with Crippen LogP contribution < -0.4 is 11.1 Å². The summed E-state index contributed by atoms with van der Waals surface area (Å²) >= 11 is 5.70. The summed E-state index contributed by atoms with van der Waals surface area (Å²) in [5.41, 5.74) is 8.12. The van der Waals surface area contributed by atoms with Crippen LogP contribution in [0, 0.1) is 5.82 Å². The third kappa shape index (κ3) is 2.32. The van der Waals surface area contributed by atoms with Crippen molar-refractivity contribution in [1.82, 2.24) is 4.98 Å². The maximum atomic E-state index is 13.0. The van der Waals surface area contributed by atoms with Crippen LogP contribution in [-0.2, 0) is 0 Å². The van der Waals surface area contributed by atoms with Crippen molar-refractivity contribution in [2.24, 2.45) is 0 Å². The summed E-state index contributed by atoms with van der Waals surface area (Å²) in [7, 11) is 0. The Kier molecular flexibility index (Phi) is 2.76. The van der Waals surface area contributed by atoms with Crippen LogP contribution in [0.25, 0.3) is 11.1 Å². The summed E-state index contributed by atoms with van der Waals surface area (Å²) in [6, 6.07) is 9.74. The molecule has 0 radical (unpaired) electrons. The van der Waals surface area contributed by atoms with Gasteiger partial charge in [0.2, 0.25) is 0 Å². The second-order valence-corrected chi connectivity index (χ2v) is 4.41. The first kappa shape index (κ1) is 11.8. The van der Waals surface area contributed by atoms with E-state index in [2.05, 4.69) is 10.3 Å². The molecule has 0 aliphatic rings. The summed E-state index contributed by atoms with van der Waals surface area (Å²) in [5.74, 6) is -0.474. The van der Waals surface area contributed by atoms with Crippen LogP contribution in [0.3, 0.4) is 0 Å². The monoisotopic (exact) mass is 277 g/mol. The van der Waals surface area contributed by atoms with E-state index in [1.54, 1.807) is 24.3 Å². The van der Waals surface area contributed by atoms with Gasteiger partial charge in [-0.3, -0.25) is 0 Å². The largest absolute Gasteiger partial charge is 0.423 e. The molecule has 6 heteroatoms. The van der Waals surface area contributed by atoms with Crippen molar-refractivity contribution >= 4 is 40.1 Å². The zero-order chi connectivity index (χ0) is 13.4. The molecule has 0 atom stereocenters. The lowest BCUT2D eigenvalue weighted by molar-refractivity contribution is 0.621. The zero-order valence-electron chi connectivity index (χ0n) is 9.65. The Labute approximate surface area is 113 Å². The molecule has 1 aromatic heterocycles. The van der Waals surface area contributed by atoms with Crippen LogP contribution in [0.2, 0.25) is 5.02 Å². The molecule has 0 aliphatic carbocycles. The number of rotatable bonds is 2. The van der Waals surface area contributed by atoms with Gasteiger partial charge in [-0.25, -0.2) is 4.39 Å². The molecule has 2 aromatic carbocycles. The summed E-state index contributed by atoms with van der Waals surface area (Å²) < 4.78 is 18.5. The van der Waals surface area contributed by atoms with Crippen molar-refractivity contribution in [3.63, 3.8) is 0 Å². The third-order valence-electron chi connectivity index (χ3n) is 2.58. The quantitative estimate of drug-likeness (QED) is 0.696. The molecule has 1 heterocycles. The van der Waals surface area contributed by atoms with E-state index in [-0.39, 0.29) is 5.02 Å². The molecule has 3 rings (SSSR count). The predicted molar refractivity (Wildman–Crippen MR) is 73.1 cm³/mol. The average Bonchev–Trinajstić information content (AvgIpc) is 2.75. The van der Waals surface area contributed by atoms with Gasteiger partial charge in [-0.1, -0.05) is 11.6 Å². The molecule has 0 saturated carbocycles. The second kappa shape index (κ2) is 4.44. The Morgan fingerprint density at radius 1 is 1.21 bits per heavy atom. The molecule has 3 aromatic rings. The van der Waals surface area contributed by atoms with Crippen molar-refractivity contribution in [2.75, 3.05) is 11.1 Å². The van der Waals surface area contributed by atoms with Gasteiger partial charge in [-0.15, -0.1) is 0 Å². The highest BCUT2D eigenvalue weighted by atomic mass is 35.5. The smallest absolute Gasteiger partial charge is 0.300 e. The lowest BCUT2D eigenvalue weighted by atomic mass is 10.3. The highest BCUT2D eigenvalue weighted by molar-refractivity contribution is 6.31. The molecule has 0 spiro atoms. The highest BCUT2D eigenvalue weighted by Crippen LogP contribution is 2.25. The molecule has 19 heavy (non-hydrogen) atoms. The Hall–Kier alpha value is -2.27. The Morgan fingerprint density at radius 2 is 2.05 bits per heavy atom. The van der Waals surface area contributed by atoms with Crippen LogP contribution in [0.4, 0.5) is 21.8 Å². The van der Waals surface area contributed by atoms with Crippen LogP contribution in [-0.4, -0.2) is 4.98 Å². The first-order chi connectivity index (χ1) is 9.11. The van der Waals surface area contributed by atoms with Gasteiger partial charge >= 0.3 is 0 Å². The fraction of sp³-hybridized carbons (Fsp3) is 0. The van der Waals surface area contributed by atoms with E-state index >= 15 is 0 Å². The van der Waals surface area contributed by atoms with E-state index in [0.29, 0.717) is 28.5 Å². The topological polar surface area (TPSA) is 64.1 Å². The van der Waals surface area contributed by atoms with Gasteiger partial charge in [0.15, 0.2) is 5.58 Å². The fourth-order valence-corrected chi connectivity index (χ4v) is 1.88. The van der Waals surface area contributed by atoms with Crippen molar-refractivity contribution < 1.29 is 8.81 Å². The number of aromatic nitrogens is 1. The van der Waals surface area contributed by atoms with E-state index < -0.39 is 5.82 Å². The molecule has 0 unspecified atom stereocenters. The number of benzene rings is 2. The Balaban J connectivity index is 1.94. The number of hydrogen-bond acceptors (Lipinski definition) is 4. The molecule has 0 bridgehead atoms. The maximum Gasteiger partial charge on any atom is 0.300 e. The SMILES string of the molecule is Nc1ccc2oc(Nc3ccc(F)c(Cl)c3)nc2c1. The van der Waals surface area contributed by atoms with E-state index in [4.69, 9.17) is 21.8 Å². The number of nitrogen functional groups attached to an aromatic ring is 1. The number of nitrogens with one attached hydrogen (secondary N) is 1. The first-order valence-corrected chi connectivity index (χ1v) is 5.88. The number of fused-ring (bicyclic) bond motifs is 1. The predicted octanol–water partition coefficient (Wildman–Crippen LogP) is 3.95. The Morgan fingerprint density at radius 3 is 2.84 bits per heavy atom. The third-order valence-corrected chi connectivity index (χ3v) is 2.87. The first-order valence-electron chi connectivity index (χ1n) is 5.50. The number of oxazole rings is 1. The summed E-state index contributed by atoms with van der Waals surface area (Å²) in [6.07, 6.45) is 0. The van der Waals surface area contributed by atoms with Crippen LogP contribution in [0.15, 0.2) is 40.8 Å². The van der Waals surface area contributed by atoms with Gasteiger partial charge in [0.05, 0.1) is 5.02 Å². The number of nitrogens with two attached hydrogens (primary N) is 1. The van der Waals surface area contributed by atoms with Crippen LogP contribution in [0.1, 0.15) is 0 Å². The minimum absolute atomic E-state index is 0.0327. The molecule has 0 aliphatic heterocycles. The molecule has 4 nitrogen and oxygen atoms in total. The molecule has 3 N–H and O–H groups in total. The van der Waals surface area contributed by atoms with Crippen molar-refractivity contribution in [3.05, 3.63) is 47.2 Å². The van der Waals surface area contributed by atoms with Crippen molar-refractivity contribution in [2.45, 2.75) is 0 Å². The van der Waals surface area contributed by atoms with Crippen LogP contribution >= 0.6 is 11.6 Å². The second-order valence-electron chi connectivity index (χ2n) is 4.00. The zero-order valence-corrected chi connectivity index (χ0v) is 10.4. The summed E-state index contributed by atoms with van der Waals surface area (Å²) in [5, 5.41) is 2.94. The number of hydrogen-bond donors (Lipinski definition) is 2. The minimum Gasteiger partial charge on any atom is -0.423 e. The molecular weight excluding hydrogens is 269 g/mol. The van der Waals surface area contributed by atoms with E-state index in [0.717, 1.165) is 0 Å². The number of halogens is 2. The maximum absolute atomic E-state index is 13.0. The van der Waals surface area contributed by atoms with E-state index in [9.17, 15) is 4.39 Å². The van der Waals surface area contributed by atoms with Crippen LogP contribution in [0.5, 0.6) is 0 Å². The number of nitrogens with zero attached hydrogens (tertiary/aromatic N) is 1. The van der Waals surface area contributed by atoms with E-state index in [1.807, 2.05) is 0 Å². The van der Waals surface area contributed by atoms with Gasteiger partial charge in [0, 0.05) is 11.4 Å². The van der Waals surface area contributed by atoms with Crippen molar-refractivity contribution in [3.8, 4) is 0 Å². The molecular formula is C13H9ClFN3O. The molecule has 96 valence electrons. The highest BCUT2D eigenvalue weighted by Gasteiger charge is 2.07. The minimum atomic E-state index is -0.474. The lowest BCUT2D eigenvalue weighted by Crippen LogP contribution is -1.90. The number of anilines is 3. The molecule has 0 amide bonds. The van der Waals surface area contributed by atoms with Crippen molar-refractivity contribution in [1.29, 1.82) is 0 Å². The van der Waals surface area contributed by atoms with Gasteiger partial charge in [-0.2, -0.15) is 4.98 Å². The van der Waals surface area contributed by atoms with Gasteiger partial charge in [0.25, 0.3) is 6.01 Å². The fourth-order valence-electron chi connectivity index (χ4n) is 1.70. The standard InChI is InChI=1S/C13H9ClFN3O/c14-9-6-8(2-3-10(9)15)17-13-18-11-5-7(16)1-4-12(11)19-13/h1-6H,16H2,(H,17,18). The summed E-state index contributed by atoms with van der Waals surface area (Å²) in [6.45, 7) is 0. The average molecular weight is 278 g/mol. The molecule has 0 fully saturated rings. The molecule has 0 saturated heterocycles. The Bertz CT molecular complexity index is 757. The van der Waals surface area contributed by atoms with Gasteiger partial charge in [0.1, 0.15) is 11.3 Å². The lowest BCUT2D eigenvalue weighted by Gasteiger charge is -2.02. The normalized spacial score (nSPS) is 10.8. The van der Waals surface area contributed by atoms with Gasteiger partial charge < -0.3 is 15.5 Å².